The second kappa shape index (κ2) is 18.1. The van der Waals surface area contributed by atoms with Crippen LogP contribution >= 0.6 is 0 Å². The van der Waals surface area contributed by atoms with Crippen LogP contribution in [-0.2, 0) is 39.9 Å². The summed E-state index contributed by atoms with van der Waals surface area (Å²) in [5.74, 6) is -2.93. The molecule has 0 saturated carbocycles. The molecule has 0 bridgehead atoms. The molecule has 16 nitrogen and oxygen atoms in total. The summed E-state index contributed by atoms with van der Waals surface area (Å²) >= 11 is 0. The maximum atomic E-state index is 14.7. The lowest BCUT2D eigenvalue weighted by molar-refractivity contribution is -0.163. The lowest BCUT2D eigenvalue weighted by Crippen LogP contribution is -2.63. The Morgan fingerprint density at radius 1 is 0.825 bits per heavy atom. The number of carbonyl (C=O) groups excluding carboxylic acids is 7. The van der Waals surface area contributed by atoms with E-state index in [2.05, 4.69) is 21.3 Å². The zero-order valence-electron chi connectivity index (χ0n) is 32.9. The quantitative estimate of drug-likeness (QED) is 0.304. The van der Waals surface area contributed by atoms with E-state index in [0.29, 0.717) is 56.5 Å². The first-order valence-corrected chi connectivity index (χ1v) is 19.8. The summed E-state index contributed by atoms with van der Waals surface area (Å²) in [6.45, 7) is 5.71. The molecule has 6 rings (SSSR count). The van der Waals surface area contributed by atoms with E-state index in [4.69, 9.17) is 9.47 Å². The molecular formula is C41H53N7O9. The minimum Gasteiger partial charge on any atom is -0.497 e. The number of hydrogen-bond donors (Lipinski definition) is 4. The predicted octanol–water partition coefficient (Wildman–Crippen LogP) is 1.97. The molecule has 0 aliphatic carbocycles. The number of carbonyl (C=O) groups is 7. The lowest BCUT2D eigenvalue weighted by atomic mass is 9.99. The highest BCUT2D eigenvalue weighted by atomic mass is 16.5. The molecule has 7 amide bonds. The molecule has 306 valence electrons. The monoisotopic (exact) mass is 787 g/mol. The fourth-order valence-corrected chi connectivity index (χ4v) is 8.28. The average molecular weight is 788 g/mol. The summed E-state index contributed by atoms with van der Waals surface area (Å²) in [6, 6.07) is 8.57. The Labute approximate surface area is 332 Å². The summed E-state index contributed by atoms with van der Waals surface area (Å²) < 4.78 is 11.1. The first-order chi connectivity index (χ1) is 27.3. The van der Waals surface area contributed by atoms with Crippen molar-refractivity contribution in [1.29, 1.82) is 0 Å². The molecule has 0 aromatic heterocycles. The molecule has 2 aromatic rings. The van der Waals surface area contributed by atoms with Crippen molar-refractivity contribution in [3.05, 3.63) is 60.2 Å². The van der Waals surface area contributed by atoms with Gasteiger partial charge in [-0.2, -0.15) is 0 Å². The van der Waals surface area contributed by atoms with Gasteiger partial charge in [-0.3, -0.25) is 24.0 Å². The SMILES string of the molecule is COc1ccc(NC(=O)NC(Cc2ccccc2)C(=O)NC2C(=O)N3CCCC3C(=O)N3CCCCC3C(=O)NC(C)C(=O)N3CC(C)CC3C(=O)OC2C)cc1. The van der Waals surface area contributed by atoms with Crippen LogP contribution in [0.1, 0.15) is 64.9 Å². The second-order valence-electron chi connectivity index (χ2n) is 15.5. The van der Waals surface area contributed by atoms with E-state index in [9.17, 15) is 33.6 Å². The molecule has 0 spiro atoms. The smallest absolute Gasteiger partial charge is 0.329 e. The van der Waals surface area contributed by atoms with Crippen molar-refractivity contribution in [2.24, 2.45) is 5.92 Å². The van der Waals surface area contributed by atoms with Crippen LogP contribution in [0.4, 0.5) is 10.5 Å². The van der Waals surface area contributed by atoms with Crippen LogP contribution < -0.4 is 26.0 Å². The number of amides is 7. The van der Waals surface area contributed by atoms with Crippen LogP contribution in [0.25, 0.3) is 0 Å². The summed E-state index contributed by atoms with van der Waals surface area (Å²) in [4.78, 5) is 102. The van der Waals surface area contributed by atoms with Gasteiger partial charge in [0, 0.05) is 31.7 Å². The van der Waals surface area contributed by atoms with Gasteiger partial charge in [0.1, 0.15) is 48.1 Å². The van der Waals surface area contributed by atoms with Crippen molar-refractivity contribution in [3.8, 4) is 5.75 Å². The molecule has 4 N–H and O–H groups in total. The minimum absolute atomic E-state index is 0.0518. The summed E-state index contributed by atoms with van der Waals surface area (Å²) in [5, 5.41) is 11.0. The molecule has 4 aliphatic rings. The topological polar surface area (TPSA) is 196 Å². The molecule has 16 heteroatoms. The Hall–Kier alpha value is -5.67. The number of methoxy groups -OCH3 is 1. The van der Waals surface area contributed by atoms with E-state index >= 15 is 0 Å². The van der Waals surface area contributed by atoms with Crippen LogP contribution in [0.15, 0.2) is 54.6 Å². The van der Waals surface area contributed by atoms with Crippen molar-refractivity contribution < 1.29 is 43.0 Å². The third kappa shape index (κ3) is 9.48. The van der Waals surface area contributed by atoms with Gasteiger partial charge in [0.15, 0.2) is 0 Å². The number of esters is 1. The highest BCUT2D eigenvalue weighted by Gasteiger charge is 2.47. The number of urea groups is 1. The Kier molecular flexibility index (Phi) is 13.0. The zero-order valence-corrected chi connectivity index (χ0v) is 32.9. The lowest BCUT2D eigenvalue weighted by Gasteiger charge is -2.39. The van der Waals surface area contributed by atoms with E-state index in [-0.39, 0.29) is 25.4 Å². The maximum absolute atomic E-state index is 14.7. The van der Waals surface area contributed by atoms with Crippen molar-refractivity contribution in [2.75, 3.05) is 32.1 Å². The molecule has 4 fully saturated rings. The normalized spacial score (nSPS) is 27.7. The van der Waals surface area contributed by atoms with Crippen molar-refractivity contribution in [2.45, 2.75) is 108 Å². The molecule has 2 aromatic carbocycles. The number of nitrogens with one attached hydrogen (secondary N) is 4. The van der Waals surface area contributed by atoms with E-state index in [1.54, 1.807) is 55.5 Å². The summed E-state index contributed by atoms with van der Waals surface area (Å²) in [5.41, 5.74) is 1.17. The molecule has 4 saturated heterocycles. The van der Waals surface area contributed by atoms with E-state index in [0.717, 1.165) is 5.56 Å². The number of piperidine rings is 1. The molecule has 8 unspecified atom stereocenters. The molecule has 4 aliphatic heterocycles. The Balaban J connectivity index is 1.31. The number of ether oxygens (including phenoxy) is 2. The third-order valence-electron chi connectivity index (χ3n) is 11.3. The first kappa shape index (κ1) is 41.0. The fourth-order valence-electron chi connectivity index (χ4n) is 8.28. The molecule has 0 radical (unpaired) electrons. The van der Waals surface area contributed by atoms with Gasteiger partial charge < -0.3 is 45.4 Å². The molecule has 4 heterocycles. The number of hydrogen-bond acceptors (Lipinski definition) is 9. The summed E-state index contributed by atoms with van der Waals surface area (Å²) in [7, 11) is 1.53. The Morgan fingerprint density at radius 2 is 1.51 bits per heavy atom. The highest BCUT2D eigenvalue weighted by molar-refractivity contribution is 5.98. The Morgan fingerprint density at radius 3 is 2.23 bits per heavy atom. The standard InChI is InChI=1S/C41H53N7O9/c1-24-21-33-40(54)57-26(3)34(45-35(49)30(22-27-11-6-5-7-12-27)44-41(55)43-28-15-17-29(56-4)18-16-28)39(53)47-20-10-14-32(47)38(52)46-19-9-8-13-31(46)36(50)42-25(2)37(51)48(33)23-24/h5-7,11-12,15-18,24-26,30-34H,8-10,13-14,19-23H2,1-4H3,(H,42,50)(H,45,49)(H2,43,44,55). The molecule has 57 heavy (non-hydrogen) atoms. The van der Waals surface area contributed by atoms with Crippen LogP contribution in [-0.4, -0.2) is 125 Å². The van der Waals surface area contributed by atoms with Crippen LogP contribution in [0, 0.1) is 5.92 Å². The van der Waals surface area contributed by atoms with Gasteiger partial charge >= 0.3 is 12.0 Å². The van der Waals surface area contributed by atoms with Gasteiger partial charge in [0.2, 0.25) is 29.5 Å². The molecular weight excluding hydrogens is 734 g/mol. The van der Waals surface area contributed by atoms with E-state index < -0.39 is 83.9 Å². The predicted molar refractivity (Wildman–Crippen MR) is 208 cm³/mol. The van der Waals surface area contributed by atoms with E-state index in [1.165, 1.54) is 28.7 Å². The van der Waals surface area contributed by atoms with E-state index in [1.807, 2.05) is 13.0 Å². The fraction of sp³-hybridized carbons (Fsp3) is 0.537. The number of nitrogens with zero attached hydrogens (tertiary/aromatic N) is 3. The second-order valence-corrected chi connectivity index (χ2v) is 15.5. The first-order valence-electron chi connectivity index (χ1n) is 19.8. The average Bonchev–Trinajstić information content (AvgIpc) is 3.86. The minimum atomic E-state index is -1.48. The van der Waals surface area contributed by atoms with Gasteiger partial charge in [-0.15, -0.1) is 0 Å². The largest absolute Gasteiger partial charge is 0.497 e. The van der Waals surface area contributed by atoms with Crippen molar-refractivity contribution >= 4 is 47.2 Å². The van der Waals surface area contributed by atoms with Crippen LogP contribution in [0.5, 0.6) is 5.75 Å². The van der Waals surface area contributed by atoms with Gasteiger partial charge in [-0.1, -0.05) is 37.3 Å². The van der Waals surface area contributed by atoms with Gasteiger partial charge in [-0.25, -0.2) is 9.59 Å². The van der Waals surface area contributed by atoms with Crippen LogP contribution in [0.3, 0.4) is 0 Å². The third-order valence-corrected chi connectivity index (χ3v) is 11.3. The van der Waals surface area contributed by atoms with Gasteiger partial charge in [0.05, 0.1) is 7.11 Å². The van der Waals surface area contributed by atoms with Gasteiger partial charge in [0.25, 0.3) is 0 Å². The maximum Gasteiger partial charge on any atom is 0.329 e. The number of benzene rings is 2. The number of anilines is 1. The number of cyclic esters (lactones) is 1. The highest BCUT2D eigenvalue weighted by Crippen LogP contribution is 2.29. The Bertz CT molecular complexity index is 1830. The van der Waals surface area contributed by atoms with Crippen LogP contribution in [0.2, 0.25) is 0 Å². The van der Waals surface area contributed by atoms with Crippen molar-refractivity contribution in [3.63, 3.8) is 0 Å². The van der Waals surface area contributed by atoms with Gasteiger partial charge in [-0.05, 0) is 88.1 Å². The zero-order chi connectivity index (χ0) is 40.8. The van der Waals surface area contributed by atoms with Crippen molar-refractivity contribution in [1.82, 2.24) is 30.7 Å². The number of rotatable bonds is 7. The molecule has 8 atom stereocenters. The summed E-state index contributed by atoms with van der Waals surface area (Å²) in [6.07, 6.45) is 1.69. The number of fused-ring (bicyclic) bond motifs is 3.